The molecule has 7 nitrogen and oxygen atoms in total. The molecule has 130 valence electrons. The molecule has 25 heavy (non-hydrogen) atoms. The zero-order valence-electron chi connectivity index (χ0n) is 13.6. The molecule has 0 aliphatic heterocycles. The van der Waals surface area contributed by atoms with Crippen molar-refractivity contribution in [2.45, 2.75) is 25.1 Å². The van der Waals surface area contributed by atoms with E-state index in [9.17, 15) is 9.18 Å². The van der Waals surface area contributed by atoms with Crippen molar-refractivity contribution in [2.75, 3.05) is 11.1 Å². The van der Waals surface area contributed by atoms with E-state index in [0.29, 0.717) is 11.4 Å². The van der Waals surface area contributed by atoms with Crippen molar-refractivity contribution >= 4 is 23.5 Å². The Balaban J connectivity index is 1.57. The van der Waals surface area contributed by atoms with Gasteiger partial charge in [0, 0.05) is 17.7 Å². The van der Waals surface area contributed by atoms with E-state index in [0.717, 1.165) is 11.8 Å². The molecule has 3 rings (SSSR count). The van der Waals surface area contributed by atoms with E-state index in [1.165, 1.54) is 12.1 Å². The van der Waals surface area contributed by atoms with Crippen LogP contribution in [-0.2, 0) is 4.79 Å². The second-order valence-corrected chi connectivity index (χ2v) is 6.40. The quantitative estimate of drug-likeness (QED) is 0.678. The number of carbonyl (C=O) groups excluding carboxylic acids is 1. The van der Waals surface area contributed by atoms with E-state index < -0.39 is 0 Å². The highest BCUT2D eigenvalue weighted by Gasteiger charge is 2.13. The molecule has 0 spiro atoms. The summed E-state index contributed by atoms with van der Waals surface area (Å²) in [6.45, 7) is 3.96. The summed E-state index contributed by atoms with van der Waals surface area (Å²) in [6, 6.07) is 7.62. The van der Waals surface area contributed by atoms with E-state index in [1.807, 2.05) is 13.8 Å². The number of nitrogens with one attached hydrogen (secondary N) is 1. The van der Waals surface area contributed by atoms with Crippen LogP contribution in [0, 0.1) is 5.82 Å². The predicted octanol–water partition coefficient (Wildman–Crippen LogP) is 3.38. The van der Waals surface area contributed by atoms with Gasteiger partial charge in [0.1, 0.15) is 11.6 Å². The van der Waals surface area contributed by atoms with Crippen LogP contribution in [0.1, 0.15) is 19.9 Å². The van der Waals surface area contributed by atoms with Gasteiger partial charge in [-0.05, 0) is 38.1 Å². The molecule has 0 unspecified atom stereocenters. The first-order chi connectivity index (χ1) is 12.0. The van der Waals surface area contributed by atoms with Crippen molar-refractivity contribution in [3.05, 3.63) is 42.3 Å². The number of halogens is 1. The number of benzene rings is 1. The van der Waals surface area contributed by atoms with Crippen LogP contribution in [0.15, 0.2) is 46.2 Å². The number of aromatic nitrogens is 4. The minimum Gasteiger partial charge on any atom is -0.411 e. The van der Waals surface area contributed by atoms with Crippen LogP contribution >= 0.6 is 11.8 Å². The maximum Gasteiger partial charge on any atom is 0.277 e. The van der Waals surface area contributed by atoms with E-state index in [2.05, 4.69) is 20.6 Å². The lowest BCUT2D eigenvalue weighted by Crippen LogP contribution is -2.18. The monoisotopic (exact) mass is 361 g/mol. The lowest BCUT2D eigenvalue weighted by Gasteiger charge is -2.11. The maximum atomic E-state index is 12.9. The molecule has 0 aliphatic carbocycles. The maximum absolute atomic E-state index is 12.9. The van der Waals surface area contributed by atoms with Gasteiger partial charge in [0.15, 0.2) is 0 Å². The van der Waals surface area contributed by atoms with Crippen molar-refractivity contribution in [1.82, 2.24) is 20.0 Å². The van der Waals surface area contributed by atoms with Gasteiger partial charge in [-0.25, -0.2) is 9.07 Å². The predicted molar refractivity (Wildman–Crippen MR) is 91.7 cm³/mol. The Kier molecular flexibility index (Phi) is 5.13. The molecule has 0 saturated carbocycles. The van der Waals surface area contributed by atoms with Gasteiger partial charge < -0.3 is 9.73 Å². The summed E-state index contributed by atoms with van der Waals surface area (Å²) < 4.78 is 20.1. The van der Waals surface area contributed by atoms with E-state index >= 15 is 0 Å². The van der Waals surface area contributed by atoms with Gasteiger partial charge in [-0.3, -0.25) is 4.79 Å². The van der Waals surface area contributed by atoms with Crippen LogP contribution in [-0.4, -0.2) is 31.6 Å². The van der Waals surface area contributed by atoms with Gasteiger partial charge in [-0.2, -0.15) is 5.10 Å². The Morgan fingerprint density at radius 1 is 1.28 bits per heavy atom. The van der Waals surface area contributed by atoms with Crippen LogP contribution in [0.4, 0.5) is 10.2 Å². The number of anilines is 1. The number of amides is 1. The van der Waals surface area contributed by atoms with Gasteiger partial charge in [0.05, 0.1) is 11.9 Å². The highest BCUT2D eigenvalue weighted by atomic mass is 32.2. The standard InChI is InChI=1S/C16H16FN5O2S/c1-10(2)22-13(7-8-18-22)19-14(23)9-25-16-21-20-15(24-16)11-3-5-12(17)6-4-11/h3-8,10H,9H2,1-2H3,(H,19,23). The SMILES string of the molecule is CC(C)n1nccc1NC(=O)CSc1nnc(-c2ccc(F)cc2)o1. The first-order valence-electron chi connectivity index (χ1n) is 7.58. The number of carbonyl (C=O) groups is 1. The summed E-state index contributed by atoms with van der Waals surface area (Å²) in [5.74, 6) is 0.497. The zero-order valence-corrected chi connectivity index (χ0v) is 14.5. The number of nitrogens with zero attached hydrogens (tertiary/aromatic N) is 4. The number of rotatable bonds is 6. The van der Waals surface area contributed by atoms with Crippen LogP contribution in [0.3, 0.4) is 0 Å². The first-order valence-corrected chi connectivity index (χ1v) is 8.57. The first kappa shape index (κ1) is 17.2. The summed E-state index contributed by atoms with van der Waals surface area (Å²) in [7, 11) is 0. The Labute approximate surface area is 147 Å². The lowest BCUT2D eigenvalue weighted by atomic mass is 10.2. The van der Waals surface area contributed by atoms with Gasteiger partial charge in [0.25, 0.3) is 5.22 Å². The molecule has 2 heterocycles. The molecule has 1 N–H and O–H groups in total. The third kappa shape index (κ3) is 4.24. The Morgan fingerprint density at radius 2 is 2.04 bits per heavy atom. The Hall–Kier alpha value is -2.68. The van der Waals surface area contributed by atoms with Gasteiger partial charge in [-0.15, -0.1) is 10.2 Å². The molecule has 9 heteroatoms. The minimum absolute atomic E-state index is 0.119. The highest BCUT2D eigenvalue weighted by Crippen LogP contribution is 2.23. The Bertz CT molecular complexity index is 860. The fraction of sp³-hybridized carbons (Fsp3) is 0.250. The molecule has 2 aromatic heterocycles. The number of hydrogen-bond donors (Lipinski definition) is 1. The highest BCUT2D eigenvalue weighted by molar-refractivity contribution is 7.99. The van der Waals surface area contributed by atoms with Crippen LogP contribution in [0.5, 0.6) is 0 Å². The molecule has 0 saturated heterocycles. The topological polar surface area (TPSA) is 85.8 Å². The molecule has 0 aliphatic rings. The van der Waals surface area contributed by atoms with Gasteiger partial charge in [-0.1, -0.05) is 11.8 Å². The fourth-order valence-corrected chi connectivity index (χ4v) is 2.67. The average molecular weight is 361 g/mol. The molecule has 0 atom stereocenters. The summed E-state index contributed by atoms with van der Waals surface area (Å²) >= 11 is 1.13. The zero-order chi connectivity index (χ0) is 17.8. The lowest BCUT2D eigenvalue weighted by molar-refractivity contribution is -0.113. The molecule has 3 aromatic rings. The van der Waals surface area contributed by atoms with E-state index in [-0.39, 0.29) is 34.6 Å². The molecule has 0 fully saturated rings. The normalized spacial score (nSPS) is 11.0. The third-order valence-corrected chi connectivity index (χ3v) is 4.07. The molecule has 0 radical (unpaired) electrons. The number of thioether (sulfide) groups is 1. The molecular weight excluding hydrogens is 345 g/mol. The van der Waals surface area contributed by atoms with Crippen LogP contribution < -0.4 is 5.32 Å². The fourth-order valence-electron chi connectivity index (χ4n) is 2.11. The average Bonchev–Trinajstić information content (AvgIpc) is 3.23. The summed E-state index contributed by atoms with van der Waals surface area (Å²) in [5, 5.41) is 15.0. The Morgan fingerprint density at radius 3 is 2.76 bits per heavy atom. The van der Waals surface area contributed by atoms with Crippen molar-refractivity contribution in [3.63, 3.8) is 0 Å². The molecule has 1 aromatic carbocycles. The van der Waals surface area contributed by atoms with E-state index in [1.54, 1.807) is 29.1 Å². The summed E-state index contributed by atoms with van der Waals surface area (Å²) in [6.07, 6.45) is 1.63. The second-order valence-electron chi connectivity index (χ2n) is 5.47. The molecular formula is C16H16FN5O2S. The molecule has 1 amide bonds. The van der Waals surface area contributed by atoms with Crippen LogP contribution in [0.25, 0.3) is 11.5 Å². The van der Waals surface area contributed by atoms with Gasteiger partial charge >= 0.3 is 0 Å². The van der Waals surface area contributed by atoms with Crippen molar-refractivity contribution in [3.8, 4) is 11.5 Å². The molecule has 0 bridgehead atoms. The summed E-state index contributed by atoms with van der Waals surface area (Å²) in [5.41, 5.74) is 0.617. The van der Waals surface area contributed by atoms with Crippen LogP contribution in [0.2, 0.25) is 0 Å². The van der Waals surface area contributed by atoms with E-state index in [4.69, 9.17) is 4.42 Å². The van der Waals surface area contributed by atoms with Crippen molar-refractivity contribution in [2.24, 2.45) is 0 Å². The van der Waals surface area contributed by atoms with Crippen molar-refractivity contribution < 1.29 is 13.6 Å². The summed E-state index contributed by atoms with van der Waals surface area (Å²) in [4.78, 5) is 12.1. The number of hydrogen-bond acceptors (Lipinski definition) is 6. The van der Waals surface area contributed by atoms with Crippen molar-refractivity contribution in [1.29, 1.82) is 0 Å². The smallest absolute Gasteiger partial charge is 0.277 e. The third-order valence-electron chi connectivity index (χ3n) is 3.25. The van der Waals surface area contributed by atoms with Gasteiger partial charge in [0.2, 0.25) is 11.8 Å². The minimum atomic E-state index is -0.338. The largest absolute Gasteiger partial charge is 0.411 e. The second kappa shape index (κ2) is 7.47.